The van der Waals surface area contributed by atoms with Crippen LogP contribution >= 0.6 is 0 Å². The summed E-state index contributed by atoms with van der Waals surface area (Å²) in [7, 11) is -4.28. The smallest absolute Gasteiger partial charge is 0.443 e. The van der Waals surface area contributed by atoms with E-state index < -0.39 is 71.4 Å². The molecule has 6 aliphatic heterocycles. The molecule has 0 bridgehead atoms. The van der Waals surface area contributed by atoms with E-state index in [2.05, 4.69) is 10.6 Å². The maximum absolute atomic E-state index is 14.5. The van der Waals surface area contributed by atoms with Crippen molar-refractivity contribution >= 4 is 34.1 Å². The van der Waals surface area contributed by atoms with Crippen molar-refractivity contribution in [1.82, 2.24) is 9.62 Å². The molecule has 19 heteroatoms. The molecule has 0 aliphatic carbocycles. The van der Waals surface area contributed by atoms with Crippen LogP contribution in [-0.4, -0.2) is 133 Å². The van der Waals surface area contributed by atoms with E-state index in [1.807, 2.05) is 44.2 Å². The molecule has 6 heterocycles. The summed E-state index contributed by atoms with van der Waals surface area (Å²) in [5.41, 5.74) is 1.10. The van der Waals surface area contributed by atoms with Gasteiger partial charge in [0.05, 0.1) is 74.9 Å². The van der Waals surface area contributed by atoms with Gasteiger partial charge in [0, 0.05) is 12.2 Å². The molecule has 2 aromatic carbocycles. The van der Waals surface area contributed by atoms with Crippen molar-refractivity contribution in [3.63, 3.8) is 0 Å². The van der Waals surface area contributed by atoms with Gasteiger partial charge in [-0.1, -0.05) is 44.2 Å². The Labute approximate surface area is 348 Å². The number of ether oxygens (including phenoxy) is 10. The quantitative estimate of drug-likeness (QED) is 0.192. The summed E-state index contributed by atoms with van der Waals surface area (Å²) in [6.07, 6.45) is -4.62. The van der Waals surface area contributed by atoms with Gasteiger partial charge in [0.15, 0.2) is 18.9 Å². The fraction of sp³-hybridized carbons (Fsp3) is 0.634. The predicted octanol–water partition coefficient (Wildman–Crippen LogP) is 4.03. The van der Waals surface area contributed by atoms with Crippen LogP contribution in [0.3, 0.4) is 0 Å². The first-order valence-electron chi connectivity index (χ1n) is 20.7. The first kappa shape index (κ1) is 42.6. The molecule has 6 aliphatic rings. The van der Waals surface area contributed by atoms with E-state index in [0.29, 0.717) is 38.3 Å². The van der Waals surface area contributed by atoms with E-state index >= 15 is 0 Å². The standard InChI is InChI=1S/C41H53N3O15S/c1-24(2)19-44(60(48,49)27-10-8-26(9-11-27)42-39(45)56-33-21-53-36-28(33)12-15-50-36)20-32(58-41(47)59-35-23-55-38-30(35)14-17-52-38)31(18-25-6-4-3-5-7-25)43-40(46)57-34-22-54-37-29(34)13-16-51-37/h3-11,24,28-38H,12-23H2,1-2H3,(H,42,45)(H,43,46)/t28-,29?,30?,31+,32?,33-,34+,35+,36+,37-,38-/m1/s1. The Balaban J connectivity index is 1.02. The highest BCUT2D eigenvalue weighted by atomic mass is 32.2. The van der Waals surface area contributed by atoms with E-state index in [4.69, 9.17) is 47.4 Å². The number of hydrogen-bond donors (Lipinski definition) is 2. The van der Waals surface area contributed by atoms with Crippen molar-refractivity contribution in [2.45, 2.75) is 93.8 Å². The number of carbonyl (C=O) groups is 3. The van der Waals surface area contributed by atoms with Crippen LogP contribution in [0.4, 0.5) is 20.1 Å². The average molecular weight is 860 g/mol. The predicted molar refractivity (Wildman–Crippen MR) is 208 cm³/mol. The van der Waals surface area contributed by atoms with Crippen LogP contribution in [0.25, 0.3) is 0 Å². The Morgan fingerprint density at radius 2 is 1.23 bits per heavy atom. The van der Waals surface area contributed by atoms with Crippen molar-refractivity contribution in [1.29, 1.82) is 0 Å². The molecule has 18 nitrogen and oxygen atoms in total. The molecule has 60 heavy (non-hydrogen) atoms. The summed E-state index contributed by atoms with van der Waals surface area (Å²) >= 11 is 0. The molecule has 2 N–H and O–H groups in total. The first-order valence-corrected chi connectivity index (χ1v) is 22.1. The topological polar surface area (TPSA) is 205 Å². The number of hydrogen-bond acceptors (Lipinski definition) is 15. The zero-order valence-electron chi connectivity index (χ0n) is 33.6. The molecule has 0 radical (unpaired) electrons. The fourth-order valence-corrected chi connectivity index (χ4v) is 10.3. The highest BCUT2D eigenvalue weighted by molar-refractivity contribution is 7.89. The van der Waals surface area contributed by atoms with Crippen molar-refractivity contribution in [3.8, 4) is 0 Å². The van der Waals surface area contributed by atoms with E-state index in [1.54, 1.807) is 0 Å². The molecule has 6 saturated heterocycles. The van der Waals surface area contributed by atoms with Crippen molar-refractivity contribution in [2.24, 2.45) is 23.7 Å². The number of amides is 2. The molecule has 8 rings (SSSR count). The third-order valence-electron chi connectivity index (χ3n) is 11.7. The van der Waals surface area contributed by atoms with Gasteiger partial charge in [-0.3, -0.25) is 5.32 Å². The summed E-state index contributed by atoms with van der Waals surface area (Å²) in [6, 6.07) is 13.9. The molecular weight excluding hydrogens is 807 g/mol. The maximum Gasteiger partial charge on any atom is 0.509 e. The third-order valence-corrected chi connectivity index (χ3v) is 13.6. The maximum atomic E-state index is 14.5. The number of anilines is 1. The Morgan fingerprint density at radius 3 is 1.78 bits per heavy atom. The summed E-state index contributed by atoms with van der Waals surface area (Å²) < 4.78 is 87.2. The second kappa shape index (κ2) is 18.9. The molecule has 0 spiro atoms. The second-order valence-corrected chi connectivity index (χ2v) is 18.3. The first-order chi connectivity index (χ1) is 29.0. The van der Waals surface area contributed by atoms with Crippen LogP contribution < -0.4 is 10.6 Å². The van der Waals surface area contributed by atoms with Gasteiger partial charge in [0.1, 0.15) is 24.4 Å². The molecule has 2 aromatic rings. The summed E-state index contributed by atoms with van der Waals surface area (Å²) in [4.78, 5) is 40.1. The molecule has 2 amide bonds. The minimum absolute atomic E-state index is 0.0292. The number of rotatable bonds is 15. The summed E-state index contributed by atoms with van der Waals surface area (Å²) in [5.74, 6) is -0.514. The third kappa shape index (κ3) is 9.99. The van der Waals surface area contributed by atoms with Crippen molar-refractivity contribution in [2.75, 3.05) is 58.0 Å². The van der Waals surface area contributed by atoms with Gasteiger partial charge in [-0.15, -0.1) is 0 Å². The van der Waals surface area contributed by atoms with E-state index in [-0.39, 0.29) is 74.2 Å². The zero-order chi connectivity index (χ0) is 41.8. The van der Waals surface area contributed by atoms with Crippen LogP contribution in [0.15, 0.2) is 59.5 Å². The molecule has 11 atom stereocenters. The normalized spacial score (nSPS) is 30.4. The number of sulfonamides is 1. The van der Waals surface area contributed by atoms with Crippen LogP contribution in [0, 0.1) is 23.7 Å². The molecule has 3 unspecified atom stereocenters. The number of benzene rings is 2. The lowest BCUT2D eigenvalue weighted by Gasteiger charge is -2.33. The van der Waals surface area contributed by atoms with E-state index in [1.165, 1.54) is 28.6 Å². The van der Waals surface area contributed by atoms with Crippen molar-refractivity contribution < 1.29 is 70.2 Å². The van der Waals surface area contributed by atoms with Gasteiger partial charge in [0.25, 0.3) is 0 Å². The lowest BCUT2D eigenvalue weighted by atomic mass is 10.0. The van der Waals surface area contributed by atoms with Crippen LogP contribution in [0.5, 0.6) is 0 Å². The minimum atomic E-state index is -4.28. The van der Waals surface area contributed by atoms with Gasteiger partial charge in [0.2, 0.25) is 10.0 Å². The Hall–Kier alpha value is -4.08. The Kier molecular flexibility index (Phi) is 13.4. The highest BCUT2D eigenvalue weighted by Gasteiger charge is 2.47. The largest absolute Gasteiger partial charge is 0.509 e. The molecular formula is C41H53N3O15S. The zero-order valence-corrected chi connectivity index (χ0v) is 34.4. The van der Waals surface area contributed by atoms with Crippen molar-refractivity contribution in [3.05, 3.63) is 60.2 Å². The number of fused-ring (bicyclic) bond motifs is 3. The molecule has 6 fully saturated rings. The van der Waals surface area contributed by atoms with Crippen LogP contribution in [0.2, 0.25) is 0 Å². The van der Waals surface area contributed by atoms with Gasteiger partial charge < -0.3 is 52.7 Å². The number of nitrogens with one attached hydrogen (secondary N) is 2. The van der Waals surface area contributed by atoms with Gasteiger partial charge in [-0.2, -0.15) is 4.31 Å². The summed E-state index contributed by atoms with van der Waals surface area (Å²) in [6.45, 7) is 5.39. The second-order valence-electron chi connectivity index (χ2n) is 16.3. The van der Waals surface area contributed by atoms with E-state index in [9.17, 15) is 22.8 Å². The van der Waals surface area contributed by atoms with E-state index in [0.717, 1.165) is 12.0 Å². The lowest BCUT2D eigenvalue weighted by molar-refractivity contribution is -0.0910. The highest BCUT2D eigenvalue weighted by Crippen LogP contribution is 2.35. The van der Waals surface area contributed by atoms with Crippen LogP contribution in [0.1, 0.15) is 38.7 Å². The average Bonchev–Trinajstić information content (AvgIpc) is 4.07. The Morgan fingerprint density at radius 1 is 0.700 bits per heavy atom. The van der Waals surface area contributed by atoms with Crippen LogP contribution in [-0.2, 0) is 63.8 Å². The van der Waals surface area contributed by atoms with Gasteiger partial charge in [-0.25, -0.2) is 22.8 Å². The number of alkyl carbamates (subject to hydrolysis) is 1. The molecule has 0 aromatic heterocycles. The summed E-state index contributed by atoms with van der Waals surface area (Å²) in [5, 5.41) is 5.56. The molecule has 328 valence electrons. The minimum Gasteiger partial charge on any atom is -0.443 e. The fourth-order valence-electron chi connectivity index (χ4n) is 8.65. The lowest BCUT2D eigenvalue weighted by Crippen LogP contribution is -2.53. The number of carbonyl (C=O) groups excluding carboxylic acids is 3. The van der Waals surface area contributed by atoms with Gasteiger partial charge >= 0.3 is 18.3 Å². The molecule has 0 saturated carbocycles. The SMILES string of the molecule is CC(C)CN(CC(OC(=O)O[C@H]1CO[C@H]2OCCC21)[C@H](Cc1ccccc1)NC(=O)O[C@H]1CO[C@H]2OCCC21)S(=O)(=O)c1ccc(NC(=O)O[C@@H]2CO[C@@H]3OCC[C@@H]32)cc1. The Bertz CT molecular complexity index is 1910. The monoisotopic (exact) mass is 859 g/mol. The number of nitrogens with zero attached hydrogens (tertiary/aromatic N) is 1. The van der Waals surface area contributed by atoms with Gasteiger partial charge in [-0.05, 0) is 61.4 Å².